The molecular formula is C17H17Cl2N3O. The van der Waals surface area contributed by atoms with Gasteiger partial charge in [0.2, 0.25) is 0 Å². The molecule has 4 rings (SSSR count). The zero-order valence-corrected chi connectivity index (χ0v) is 14.0. The predicted octanol–water partition coefficient (Wildman–Crippen LogP) is 4.14. The monoisotopic (exact) mass is 349 g/mol. The third kappa shape index (κ3) is 3.10. The highest BCUT2D eigenvalue weighted by molar-refractivity contribution is 6.33. The van der Waals surface area contributed by atoms with Gasteiger partial charge in [0.15, 0.2) is 0 Å². The van der Waals surface area contributed by atoms with Crippen molar-refractivity contribution in [3.63, 3.8) is 0 Å². The van der Waals surface area contributed by atoms with Gasteiger partial charge in [-0.2, -0.15) is 9.78 Å². The number of anilines is 1. The second kappa shape index (κ2) is 5.84. The molecule has 0 unspecified atom stereocenters. The Balaban J connectivity index is 1.63. The van der Waals surface area contributed by atoms with Gasteiger partial charge in [-0.05, 0) is 61.8 Å². The molecular weight excluding hydrogens is 333 g/mol. The standard InChI is InChI=1S/C17H17Cl2N3O/c18-12-5-7-13(8-6-12)22-17(23)15(19)14(9-20-22)21-16(10-1-2-10)11-3-4-11/h5-11,16,21H,1-4H2. The fourth-order valence-corrected chi connectivity index (χ4v) is 3.32. The molecule has 2 fully saturated rings. The second-order valence-corrected chi connectivity index (χ2v) is 7.22. The average molecular weight is 350 g/mol. The Morgan fingerprint density at radius 2 is 1.70 bits per heavy atom. The molecule has 1 heterocycles. The van der Waals surface area contributed by atoms with Crippen molar-refractivity contribution in [2.24, 2.45) is 11.8 Å². The molecule has 0 atom stereocenters. The van der Waals surface area contributed by atoms with Crippen molar-refractivity contribution >= 4 is 28.9 Å². The van der Waals surface area contributed by atoms with Crippen LogP contribution in [0.3, 0.4) is 0 Å². The quantitative estimate of drug-likeness (QED) is 0.882. The second-order valence-electron chi connectivity index (χ2n) is 6.41. The molecule has 0 radical (unpaired) electrons. The molecule has 2 saturated carbocycles. The minimum atomic E-state index is -0.315. The Bertz CT molecular complexity index is 767. The molecule has 2 aliphatic rings. The highest BCUT2D eigenvalue weighted by Crippen LogP contribution is 2.46. The molecule has 2 aromatic rings. The molecule has 1 N–H and O–H groups in total. The molecule has 120 valence electrons. The van der Waals surface area contributed by atoms with E-state index in [-0.39, 0.29) is 10.6 Å². The topological polar surface area (TPSA) is 46.9 Å². The van der Waals surface area contributed by atoms with Gasteiger partial charge >= 0.3 is 0 Å². The first-order chi connectivity index (χ1) is 11.1. The molecule has 2 aliphatic carbocycles. The van der Waals surface area contributed by atoms with Gasteiger partial charge in [-0.25, -0.2) is 0 Å². The van der Waals surface area contributed by atoms with Gasteiger partial charge in [-0.15, -0.1) is 0 Å². The molecule has 1 aromatic carbocycles. The number of halogens is 2. The molecule has 0 spiro atoms. The van der Waals surface area contributed by atoms with E-state index in [0.717, 1.165) is 11.8 Å². The van der Waals surface area contributed by atoms with Gasteiger partial charge in [0.25, 0.3) is 5.56 Å². The third-order valence-electron chi connectivity index (χ3n) is 4.57. The predicted molar refractivity (Wildman–Crippen MR) is 92.7 cm³/mol. The largest absolute Gasteiger partial charge is 0.379 e. The summed E-state index contributed by atoms with van der Waals surface area (Å²) in [6, 6.07) is 7.37. The van der Waals surface area contributed by atoms with Crippen molar-refractivity contribution < 1.29 is 0 Å². The van der Waals surface area contributed by atoms with Crippen LogP contribution in [0.25, 0.3) is 5.69 Å². The summed E-state index contributed by atoms with van der Waals surface area (Å²) in [5.74, 6) is 1.44. The van der Waals surface area contributed by atoms with Gasteiger partial charge in [-0.3, -0.25) is 4.79 Å². The summed E-state index contributed by atoms with van der Waals surface area (Å²) < 4.78 is 1.30. The van der Waals surface area contributed by atoms with Gasteiger partial charge in [-0.1, -0.05) is 23.2 Å². The van der Waals surface area contributed by atoms with Gasteiger partial charge in [0, 0.05) is 11.1 Å². The Morgan fingerprint density at radius 3 is 2.26 bits per heavy atom. The lowest BCUT2D eigenvalue weighted by Crippen LogP contribution is -2.28. The van der Waals surface area contributed by atoms with Crippen molar-refractivity contribution in [3.8, 4) is 5.69 Å². The smallest absolute Gasteiger partial charge is 0.292 e. The number of nitrogens with zero attached hydrogens (tertiary/aromatic N) is 2. The summed E-state index contributed by atoms with van der Waals surface area (Å²) in [6.07, 6.45) is 6.71. The number of aromatic nitrogens is 2. The van der Waals surface area contributed by atoms with E-state index in [1.54, 1.807) is 30.5 Å². The molecule has 4 nitrogen and oxygen atoms in total. The number of rotatable bonds is 5. The molecule has 1 aromatic heterocycles. The summed E-state index contributed by atoms with van der Waals surface area (Å²) in [5.41, 5.74) is 0.976. The number of nitrogens with one attached hydrogen (secondary N) is 1. The van der Waals surface area contributed by atoms with Crippen molar-refractivity contribution in [1.29, 1.82) is 0 Å². The summed E-state index contributed by atoms with van der Waals surface area (Å²) in [5, 5.41) is 8.55. The Morgan fingerprint density at radius 1 is 1.09 bits per heavy atom. The van der Waals surface area contributed by atoms with Crippen LogP contribution < -0.4 is 10.9 Å². The summed E-state index contributed by atoms with van der Waals surface area (Å²) >= 11 is 12.2. The Hall–Kier alpha value is -1.52. The Labute approximate surface area is 144 Å². The van der Waals surface area contributed by atoms with E-state index in [0.29, 0.717) is 22.4 Å². The maximum absolute atomic E-state index is 12.5. The average Bonchev–Trinajstić information content (AvgIpc) is 3.43. The first-order valence-electron chi connectivity index (χ1n) is 7.94. The van der Waals surface area contributed by atoms with Crippen LogP contribution in [0.4, 0.5) is 5.69 Å². The molecule has 6 heteroatoms. The van der Waals surface area contributed by atoms with Crippen LogP contribution in [0, 0.1) is 11.8 Å². The highest BCUT2D eigenvalue weighted by Gasteiger charge is 2.41. The van der Waals surface area contributed by atoms with Crippen LogP contribution in [0.15, 0.2) is 35.3 Å². The number of hydrogen-bond donors (Lipinski definition) is 1. The molecule has 23 heavy (non-hydrogen) atoms. The van der Waals surface area contributed by atoms with E-state index >= 15 is 0 Å². The third-order valence-corrected chi connectivity index (χ3v) is 5.19. The van der Waals surface area contributed by atoms with Crippen molar-refractivity contribution in [2.75, 3.05) is 5.32 Å². The fourth-order valence-electron chi connectivity index (χ4n) is 3.01. The highest BCUT2D eigenvalue weighted by atomic mass is 35.5. The van der Waals surface area contributed by atoms with E-state index in [2.05, 4.69) is 10.4 Å². The van der Waals surface area contributed by atoms with E-state index < -0.39 is 0 Å². The van der Waals surface area contributed by atoms with Crippen LogP contribution in [0.5, 0.6) is 0 Å². The van der Waals surface area contributed by atoms with E-state index in [1.165, 1.54) is 30.4 Å². The number of hydrogen-bond acceptors (Lipinski definition) is 3. The first-order valence-corrected chi connectivity index (χ1v) is 8.69. The Kier molecular flexibility index (Phi) is 3.82. The van der Waals surface area contributed by atoms with Crippen molar-refractivity contribution in [1.82, 2.24) is 9.78 Å². The maximum Gasteiger partial charge on any atom is 0.292 e. The van der Waals surface area contributed by atoms with Gasteiger partial charge in [0.1, 0.15) is 5.02 Å². The molecule has 0 aliphatic heterocycles. The van der Waals surface area contributed by atoms with Crippen LogP contribution >= 0.6 is 23.2 Å². The molecule has 0 amide bonds. The van der Waals surface area contributed by atoms with Gasteiger partial charge < -0.3 is 5.32 Å². The maximum atomic E-state index is 12.5. The van der Waals surface area contributed by atoms with Crippen molar-refractivity contribution in [2.45, 2.75) is 31.7 Å². The van der Waals surface area contributed by atoms with Crippen LogP contribution in [0.2, 0.25) is 10.0 Å². The lowest BCUT2D eigenvalue weighted by Gasteiger charge is -2.19. The van der Waals surface area contributed by atoms with Crippen molar-refractivity contribution in [3.05, 3.63) is 50.9 Å². The summed E-state index contributed by atoms with van der Waals surface area (Å²) in [4.78, 5) is 12.5. The summed E-state index contributed by atoms with van der Waals surface area (Å²) in [7, 11) is 0. The zero-order chi connectivity index (χ0) is 16.0. The summed E-state index contributed by atoms with van der Waals surface area (Å²) in [6.45, 7) is 0. The van der Waals surface area contributed by atoms with E-state index in [4.69, 9.17) is 23.2 Å². The SMILES string of the molecule is O=c1c(Cl)c(NC(C2CC2)C2CC2)cnn1-c1ccc(Cl)cc1. The minimum Gasteiger partial charge on any atom is -0.379 e. The molecule has 0 bridgehead atoms. The lowest BCUT2D eigenvalue weighted by atomic mass is 10.1. The first kappa shape index (κ1) is 15.0. The lowest BCUT2D eigenvalue weighted by molar-refractivity contribution is 0.567. The van der Waals surface area contributed by atoms with Crippen LogP contribution in [0.1, 0.15) is 25.7 Å². The van der Waals surface area contributed by atoms with E-state index in [1.807, 2.05) is 0 Å². The fraction of sp³-hybridized carbons (Fsp3) is 0.412. The number of benzene rings is 1. The van der Waals surface area contributed by atoms with Crippen LogP contribution in [-0.4, -0.2) is 15.8 Å². The molecule has 0 saturated heterocycles. The van der Waals surface area contributed by atoms with E-state index in [9.17, 15) is 4.79 Å². The van der Waals surface area contributed by atoms with Crippen LogP contribution in [-0.2, 0) is 0 Å². The zero-order valence-electron chi connectivity index (χ0n) is 12.5. The van der Waals surface area contributed by atoms with Gasteiger partial charge in [0.05, 0.1) is 17.6 Å². The normalized spacial score (nSPS) is 17.5. The minimum absolute atomic E-state index is 0.196.